The van der Waals surface area contributed by atoms with Gasteiger partial charge in [0.2, 0.25) is 5.91 Å². The maximum atomic E-state index is 13.7. The molecule has 0 bridgehead atoms. The van der Waals surface area contributed by atoms with Crippen LogP contribution in [0.25, 0.3) is 22.2 Å². The average molecular weight is 458 g/mol. The molecule has 8 nitrogen and oxygen atoms in total. The molecular formula is C26H27N5O3. The third-order valence-electron chi connectivity index (χ3n) is 6.41. The topological polar surface area (TPSA) is 103 Å². The van der Waals surface area contributed by atoms with Crippen molar-refractivity contribution < 1.29 is 14.3 Å². The molecule has 2 aromatic carbocycles. The van der Waals surface area contributed by atoms with Crippen LogP contribution >= 0.6 is 0 Å². The molecule has 1 fully saturated rings. The largest absolute Gasteiger partial charge is 0.453 e. The van der Waals surface area contributed by atoms with Gasteiger partial charge in [-0.05, 0) is 30.0 Å². The summed E-state index contributed by atoms with van der Waals surface area (Å²) in [7, 11) is 1.30. The summed E-state index contributed by atoms with van der Waals surface area (Å²) in [4.78, 5) is 38.9. The summed E-state index contributed by atoms with van der Waals surface area (Å²) in [6.45, 7) is 0.609. The lowest BCUT2D eigenvalue weighted by molar-refractivity contribution is -0.134. The van der Waals surface area contributed by atoms with Gasteiger partial charge in [0.05, 0.1) is 25.0 Å². The van der Waals surface area contributed by atoms with Crippen molar-refractivity contribution in [2.75, 3.05) is 13.7 Å². The highest BCUT2D eigenvalue weighted by Crippen LogP contribution is 2.32. The van der Waals surface area contributed by atoms with Gasteiger partial charge < -0.3 is 24.9 Å². The van der Waals surface area contributed by atoms with Crippen LogP contribution in [0.15, 0.2) is 67.0 Å². The summed E-state index contributed by atoms with van der Waals surface area (Å²) in [5.41, 5.74) is 3.91. The number of hydrogen-bond donors (Lipinski definition) is 3. The van der Waals surface area contributed by atoms with Crippen molar-refractivity contribution in [2.45, 2.75) is 31.3 Å². The van der Waals surface area contributed by atoms with Crippen molar-refractivity contribution in [1.82, 2.24) is 25.2 Å². The predicted octanol–water partition coefficient (Wildman–Crippen LogP) is 4.19. The lowest BCUT2D eigenvalue weighted by Gasteiger charge is -2.28. The van der Waals surface area contributed by atoms with Crippen molar-refractivity contribution in [3.8, 4) is 11.3 Å². The van der Waals surface area contributed by atoms with Crippen LogP contribution in [0.1, 0.15) is 30.3 Å². The molecule has 1 saturated heterocycles. The minimum Gasteiger partial charge on any atom is -0.453 e. The van der Waals surface area contributed by atoms with Crippen LogP contribution in [0, 0.1) is 0 Å². The number of likely N-dealkylation sites (tertiary alicyclic amines) is 1. The Morgan fingerprint density at radius 2 is 1.97 bits per heavy atom. The van der Waals surface area contributed by atoms with Gasteiger partial charge in [-0.3, -0.25) is 4.79 Å². The van der Waals surface area contributed by atoms with E-state index in [-0.39, 0.29) is 11.9 Å². The van der Waals surface area contributed by atoms with Gasteiger partial charge in [0, 0.05) is 30.1 Å². The number of carbonyl (C=O) groups is 2. The molecule has 5 rings (SSSR count). The number of imidazole rings is 1. The zero-order valence-electron chi connectivity index (χ0n) is 19.0. The highest BCUT2D eigenvalue weighted by Gasteiger charge is 2.36. The van der Waals surface area contributed by atoms with E-state index in [1.54, 1.807) is 0 Å². The maximum absolute atomic E-state index is 13.7. The fraction of sp³-hybridized carbons (Fsp3) is 0.269. The van der Waals surface area contributed by atoms with Crippen LogP contribution in [-0.2, 0) is 16.0 Å². The highest BCUT2D eigenvalue weighted by molar-refractivity contribution is 5.88. The Hall–Kier alpha value is -4.07. The number of para-hydroxylation sites is 1. The summed E-state index contributed by atoms with van der Waals surface area (Å²) in [6.07, 6.45) is 5.11. The highest BCUT2D eigenvalue weighted by atomic mass is 16.5. The van der Waals surface area contributed by atoms with Crippen molar-refractivity contribution in [3.05, 3.63) is 78.4 Å². The lowest BCUT2D eigenvalue weighted by Crippen LogP contribution is -2.49. The standard InChI is InChI=1S/C26H27N5O3/c1-34-26(33)30-21(14-18-15-27-20-11-6-5-10-19(18)20)25(32)31-13-7-12-23(31)24-28-16-22(29-24)17-8-3-2-4-9-17/h2-6,8-11,15-16,21,23,27H,7,12-14H2,1H3,(H,28,29)(H,30,33)/t21-,23-/m0/s1. The smallest absolute Gasteiger partial charge is 0.407 e. The van der Waals surface area contributed by atoms with E-state index in [1.807, 2.05) is 71.9 Å². The second kappa shape index (κ2) is 9.43. The Labute approximate surface area is 197 Å². The van der Waals surface area contributed by atoms with Gasteiger partial charge >= 0.3 is 6.09 Å². The molecule has 3 heterocycles. The molecule has 0 aliphatic carbocycles. The third-order valence-corrected chi connectivity index (χ3v) is 6.41. The van der Waals surface area contributed by atoms with Crippen LogP contribution in [0.4, 0.5) is 4.79 Å². The Kier molecular flexibility index (Phi) is 6.03. The molecule has 1 aliphatic rings. The minimum atomic E-state index is -0.754. The van der Waals surface area contributed by atoms with Gasteiger partial charge in [-0.2, -0.15) is 0 Å². The molecule has 8 heteroatoms. The zero-order valence-corrected chi connectivity index (χ0v) is 19.0. The van der Waals surface area contributed by atoms with Crippen LogP contribution in [0.3, 0.4) is 0 Å². The number of nitrogens with zero attached hydrogens (tertiary/aromatic N) is 2. The molecule has 2 atom stereocenters. The summed E-state index contributed by atoms with van der Waals surface area (Å²) in [5, 5.41) is 3.78. The van der Waals surface area contributed by atoms with E-state index in [0.717, 1.165) is 46.4 Å². The number of aromatic nitrogens is 3. The number of nitrogens with one attached hydrogen (secondary N) is 3. The fourth-order valence-electron chi connectivity index (χ4n) is 4.71. The number of aromatic amines is 2. The number of methoxy groups -OCH3 is 1. The molecule has 0 saturated carbocycles. The second-order valence-corrected chi connectivity index (χ2v) is 8.49. The van der Waals surface area contributed by atoms with Gasteiger partial charge in [0.25, 0.3) is 0 Å². The number of ether oxygens (including phenoxy) is 1. The van der Waals surface area contributed by atoms with Gasteiger partial charge in [-0.15, -0.1) is 0 Å². The Bertz CT molecular complexity index is 1300. The van der Waals surface area contributed by atoms with E-state index >= 15 is 0 Å². The molecule has 2 amide bonds. The third kappa shape index (κ3) is 4.26. The normalized spacial score (nSPS) is 16.5. The first-order chi connectivity index (χ1) is 16.6. The van der Waals surface area contributed by atoms with Crippen molar-refractivity contribution in [3.63, 3.8) is 0 Å². The van der Waals surface area contributed by atoms with E-state index in [4.69, 9.17) is 4.74 Å². The average Bonchev–Trinajstić information content (AvgIpc) is 3.63. The first-order valence-corrected chi connectivity index (χ1v) is 11.4. The zero-order chi connectivity index (χ0) is 23.5. The van der Waals surface area contributed by atoms with Crippen molar-refractivity contribution >= 4 is 22.9 Å². The molecule has 1 aliphatic heterocycles. The molecule has 3 N–H and O–H groups in total. The van der Waals surface area contributed by atoms with Crippen molar-refractivity contribution in [2.24, 2.45) is 0 Å². The van der Waals surface area contributed by atoms with Crippen molar-refractivity contribution in [1.29, 1.82) is 0 Å². The quantitative estimate of drug-likeness (QED) is 0.404. The van der Waals surface area contributed by atoms with Gasteiger partial charge in [0.1, 0.15) is 11.9 Å². The molecule has 0 unspecified atom stereocenters. The fourth-order valence-corrected chi connectivity index (χ4v) is 4.71. The Morgan fingerprint density at radius 1 is 1.18 bits per heavy atom. The van der Waals surface area contributed by atoms with Gasteiger partial charge in [-0.1, -0.05) is 48.5 Å². The molecular weight excluding hydrogens is 430 g/mol. The van der Waals surface area contributed by atoms with Crippen LogP contribution in [0.5, 0.6) is 0 Å². The number of alkyl carbamates (subject to hydrolysis) is 1. The number of hydrogen-bond acceptors (Lipinski definition) is 4. The molecule has 34 heavy (non-hydrogen) atoms. The lowest BCUT2D eigenvalue weighted by atomic mass is 10.0. The van der Waals surface area contributed by atoms with Gasteiger partial charge in [0.15, 0.2) is 0 Å². The first kappa shape index (κ1) is 21.8. The summed E-state index contributed by atoms with van der Waals surface area (Å²) < 4.78 is 4.82. The summed E-state index contributed by atoms with van der Waals surface area (Å²) >= 11 is 0. The predicted molar refractivity (Wildman–Crippen MR) is 129 cm³/mol. The SMILES string of the molecule is COC(=O)N[C@@H](Cc1c[nH]c2ccccc12)C(=O)N1CCC[C@H]1c1ncc(-c2ccccc2)[nH]1. The number of carbonyl (C=O) groups excluding carboxylic acids is 2. The number of rotatable bonds is 6. The number of fused-ring (bicyclic) bond motifs is 1. The van der Waals surface area contributed by atoms with Gasteiger partial charge in [-0.25, -0.2) is 9.78 Å². The molecule has 174 valence electrons. The second-order valence-electron chi connectivity index (χ2n) is 8.49. The number of H-pyrrole nitrogens is 2. The van der Waals surface area contributed by atoms with Crippen LogP contribution < -0.4 is 5.32 Å². The van der Waals surface area contributed by atoms with E-state index < -0.39 is 12.1 Å². The van der Waals surface area contributed by atoms with E-state index in [9.17, 15) is 9.59 Å². The molecule has 0 radical (unpaired) electrons. The summed E-state index contributed by atoms with van der Waals surface area (Å²) in [6, 6.07) is 17.0. The molecule has 4 aromatic rings. The monoisotopic (exact) mass is 457 g/mol. The van der Waals surface area contributed by atoms with Crippen LogP contribution in [0.2, 0.25) is 0 Å². The Morgan fingerprint density at radius 3 is 2.79 bits per heavy atom. The summed E-state index contributed by atoms with van der Waals surface area (Å²) in [5.74, 6) is 0.615. The number of benzene rings is 2. The maximum Gasteiger partial charge on any atom is 0.407 e. The molecule has 0 spiro atoms. The number of amides is 2. The molecule has 2 aromatic heterocycles. The van der Waals surface area contributed by atoms with E-state index in [0.29, 0.717) is 13.0 Å². The van der Waals surface area contributed by atoms with Crippen LogP contribution in [-0.4, -0.2) is 51.5 Å². The van der Waals surface area contributed by atoms with E-state index in [1.165, 1.54) is 7.11 Å². The van der Waals surface area contributed by atoms with E-state index in [2.05, 4.69) is 20.3 Å². The minimum absolute atomic E-state index is 0.143. The first-order valence-electron chi connectivity index (χ1n) is 11.4. The Balaban J connectivity index is 1.40.